The summed E-state index contributed by atoms with van der Waals surface area (Å²) in [6.07, 6.45) is 6.60. The maximum Gasteiger partial charge on any atom is 0.246 e. The lowest BCUT2D eigenvalue weighted by molar-refractivity contribution is -0.143. The summed E-state index contributed by atoms with van der Waals surface area (Å²) in [5.41, 5.74) is 23.6. The van der Waals surface area contributed by atoms with Crippen LogP contribution in [0.4, 0.5) is 5.82 Å². The number of nitrogen functional groups attached to an aromatic ring is 1. The highest BCUT2D eigenvalue weighted by Gasteiger charge is 2.42. The quantitative estimate of drug-likeness (QED) is 0.0634. The lowest BCUT2D eigenvalue weighted by Crippen LogP contribution is -2.57. The van der Waals surface area contributed by atoms with Crippen molar-refractivity contribution in [3.05, 3.63) is 131 Å². The van der Waals surface area contributed by atoms with Crippen LogP contribution in [-0.2, 0) is 37.7 Å². The van der Waals surface area contributed by atoms with Crippen molar-refractivity contribution in [2.75, 3.05) is 18.8 Å². The average Bonchev–Trinajstić information content (AvgIpc) is 4.12. The number of likely N-dealkylation sites (tertiary alicyclic amines) is 1. The van der Waals surface area contributed by atoms with Crippen molar-refractivity contribution in [2.45, 2.75) is 103 Å². The van der Waals surface area contributed by atoms with Crippen LogP contribution in [-0.4, -0.2) is 78.2 Å². The normalized spacial score (nSPS) is 15.8. The SMILES string of the molecule is Cc1ncsc1-c1ccc(CNC(=O)[C@@H]2CCCN2C(=O)C(NC(=O)CCNC(=O)CCc2cccc(-c3ccc4nc(-c5cccnc5N)n(-c5ccc(C6(N)CCC6)cc5)c4n3)c2)C(C)(C)C)cc1. The number of aromatic nitrogens is 5. The van der Waals surface area contributed by atoms with Crippen molar-refractivity contribution in [2.24, 2.45) is 11.1 Å². The van der Waals surface area contributed by atoms with E-state index in [4.69, 9.17) is 21.4 Å². The summed E-state index contributed by atoms with van der Waals surface area (Å²) in [4.78, 5) is 75.6. The van der Waals surface area contributed by atoms with Crippen molar-refractivity contribution >= 4 is 51.9 Å². The second-order valence-corrected chi connectivity index (χ2v) is 20.7. The Morgan fingerprint density at radius 1 is 0.845 bits per heavy atom. The first kappa shape index (κ1) is 48.7. The molecule has 4 aromatic heterocycles. The molecule has 5 heterocycles. The number of anilines is 1. The number of aryl methyl sites for hydroxylation is 2. The zero-order chi connectivity index (χ0) is 49.9. The average molecular weight is 972 g/mol. The summed E-state index contributed by atoms with van der Waals surface area (Å²) in [6.45, 7) is 8.51. The van der Waals surface area contributed by atoms with Crippen LogP contribution in [0, 0.1) is 12.3 Å². The molecule has 2 aliphatic rings. The number of fused-ring (bicyclic) bond motifs is 1. The van der Waals surface area contributed by atoms with E-state index in [0.29, 0.717) is 60.7 Å². The molecule has 1 unspecified atom stereocenters. The van der Waals surface area contributed by atoms with E-state index < -0.39 is 17.5 Å². The molecule has 7 aromatic rings. The summed E-state index contributed by atoms with van der Waals surface area (Å²) < 4.78 is 2.01. The fourth-order valence-corrected chi connectivity index (χ4v) is 10.3. The lowest BCUT2D eigenvalue weighted by atomic mass is 9.73. The number of nitrogens with two attached hydrogens (primary N) is 2. The van der Waals surface area contributed by atoms with Crippen LogP contribution in [0.3, 0.4) is 0 Å². The molecule has 4 amide bonds. The van der Waals surface area contributed by atoms with Crippen LogP contribution in [0.5, 0.6) is 0 Å². The van der Waals surface area contributed by atoms with E-state index in [0.717, 1.165) is 69.0 Å². The molecule has 2 fully saturated rings. The number of carbonyl (C=O) groups excluding carboxylic acids is 4. The van der Waals surface area contributed by atoms with Gasteiger partial charge in [-0.25, -0.2) is 19.9 Å². The van der Waals surface area contributed by atoms with Crippen LogP contribution in [0.15, 0.2) is 109 Å². The number of nitrogens with zero attached hydrogens (tertiary/aromatic N) is 6. The Morgan fingerprint density at radius 3 is 2.34 bits per heavy atom. The van der Waals surface area contributed by atoms with E-state index in [-0.39, 0.29) is 48.6 Å². The summed E-state index contributed by atoms with van der Waals surface area (Å²) in [6, 6.07) is 30.4. The maximum atomic E-state index is 14.1. The number of nitrogens with one attached hydrogen (secondary N) is 3. The van der Waals surface area contributed by atoms with Crippen LogP contribution in [0.1, 0.15) is 88.1 Å². The molecule has 0 radical (unpaired) electrons. The van der Waals surface area contributed by atoms with Crippen molar-refractivity contribution in [1.29, 1.82) is 0 Å². The Kier molecular flexibility index (Phi) is 14.1. The molecule has 16 heteroatoms. The van der Waals surface area contributed by atoms with Crippen LogP contribution in [0.25, 0.3) is 49.9 Å². The van der Waals surface area contributed by atoms with Gasteiger partial charge in [0.2, 0.25) is 23.6 Å². The van der Waals surface area contributed by atoms with E-state index in [9.17, 15) is 19.2 Å². The Morgan fingerprint density at radius 2 is 1.63 bits per heavy atom. The number of imidazole rings is 1. The smallest absolute Gasteiger partial charge is 0.246 e. The Bertz CT molecular complexity index is 3080. The second-order valence-electron chi connectivity index (χ2n) is 19.8. The third-order valence-electron chi connectivity index (χ3n) is 13.8. The molecule has 1 aliphatic carbocycles. The molecule has 1 saturated heterocycles. The molecule has 2 atom stereocenters. The van der Waals surface area contributed by atoms with Crippen molar-refractivity contribution in [1.82, 2.24) is 45.4 Å². The largest absolute Gasteiger partial charge is 0.383 e. The van der Waals surface area contributed by atoms with Crippen molar-refractivity contribution in [3.8, 4) is 38.8 Å². The topological polar surface area (TPSA) is 216 Å². The molecule has 1 aliphatic heterocycles. The number of hydrogen-bond acceptors (Lipinski definition) is 11. The molecule has 366 valence electrons. The van der Waals surface area contributed by atoms with Gasteiger partial charge in [-0.05, 0) is 116 Å². The third kappa shape index (κ3) is 10.7. The fraction of sp³-hybridized carbons (Fsp3) is 0.345. The van der Waals surface area contributed by atoms with Gasteiger partial charge in [0.15, 0.2) is 11.5 Å². The van der Waals surface area contributed by atoms with E-state index in [1.165, 1.54) is 0 Å². The number of amides is 4. The first-order valence-electron chi connectivity index (χ1n) is 24.4. The second kappa shape index (κ2) is 20.6. The number of thiazole rings is 1. The van der Waals surface area contributed by atoms with E-state index in [1.807, 2.05) is 111 Å². The molecule has 3 aromatic carbocycles. The zero-order valence-corrected chi connectivity index (χ0v) is 41.5. The Hall–Kier alpha value is -7.30. The van der Waals surface area contributed by atoms with Gasteiger partial charge in [0.25, 0.3) is 0 Å². The summed E-state index contributed by atoms with van der Waals surface area (Å²) in [5.74, 6) is -0.0771. The monoisotopic (exact) mass is 971 g/mol. The molecule has 15 nitrogen and oxygen atoms in total. The van der Waals surface area contributed by atoms with Gasteiger partial charge in [0, 0.05) is 55.5 Å². The van der Waals surface area contributed by atoms with Crippen LogP contribution >= 0.6 is 11.3 Å². The highest BCUT2D eigenvalue weighted by atomic mass is 32.1. The molecular formula is C55H61N11O4S. The van der Waals surface area contributed by atoms with Gasteiger partial charge >= 0.3 is 0 Å². The summed E-state index contributed by atoms with van der Waals surface area (Å²) in [7, 11) is 0. The highest BCUT2D eigenvalue weighted by Crippen LogP contribution is 2.40. The molecule has 7 N–H and O–H groups in total. The van der Waals surface area contributed by atoms with Gasteiger partial charge in [-0.3, -0.25) is 23.7 Å². The fourth-order valence-electron chi connectivity index (χ4n) is 9.50. The molecule has 9 rings (SSSR count). The minimum Gasteiger partial charge on any atom is -0.383 e. The Labute approximate surface area is 417 Å². The number of hydrogen-bond donors (Lipinski definition) is 5. The molecular weight excluding hydrogens is 911 g/mol. The minimum atomic E-state index is -0.866. The number of pyridine rings is 2. The first-order chi connectivity index (χ1) is 34.1. The van der Waals surface area contributed by atoms with Gasteiger partial charge in [-0.15, -0.1) is 11.3 Å². The number of benzene rings is 3. The van der Waals surface area contributed by atoms with E-state index in [1.54, 1.807) is 22.4 Å². The number of rotatable bonds is 16. The van der Waals surface area contributed by atoms with E-state index >= 15 is 0 Å². The molecule has 0 bridgehead atoms. The van der Waals surface area contributed by atoms with E-state index in [2.05, 4.69) is 50.2 Å². The zero-order valence-electron chi connectivity index (χ0n) is 40.7. The predicted molar refractivity (Wildman–Crippen MR) is 278 cm³/mol. The van der Waals surface area contributed by atoms with Crippen molar-refractivity contribution in [3.63, 3.8) is 0 Å². The van der Waals surface area contributed by atoms with Gasteiger partial charge < -0.3 is 32.3 Å². The minimum absolute atomic E-state index is 0.00980. The predicted octanol–water partition coefficient (Wildman–Crippen LogP) is 7.78. The van der Waals surface area contributed by atoms with Gasteiger partial charge in [0.05, 0.1) is 27.3 Å². The molecule has 71 heavy (non-hydrogen) atoms. The third-order valence-corrected chi connectivity index (χ3v) is 14.7. The summed E-state index contributed by atoms with van der Waals surface area (Å²) in [5, 5.41) is 8.83. The van der Waals surface area contributed by atoms with Crippen LogP contribution < -0.4 is 27.4 Å². The number of carbonyl (C=O) groups is 4. The standard InChI is InChI=1S/C55H61N11O4S/c1-34-47(71-33-61-34)37-16-13-36(14-17-37)32-60-52(69)44-12-7-30-65(44)53(70)48(54(2,3)4)64-46(68)25-29-58-45(67)24-15-35-9-5-10-38(31-35)42-22-23-43-51(62-42)66(50(63-43)41-11-6-28-59-49(41)56)40-20-18-39(19-21-40)55(57)26-8-27-55/h5-6,9-11,13-14,16-23,28,31,33,44,48H,7-8,12,15,24-27,29-30,32,57H2,1-4H3,(H2,56,59)(H,58,67)(H,60,69)(H,64,68)/t44-,48?/m0/s1. The maximum absolute atomic E-state index is 14.1. The first-order valence-corrected chi connectivity index (χ1v) is 25.3. The van der Waals surface area contributed by atoms with Crippen LogP contribution in [0.2, 0.25) is 0 Å². The van der Waals surface area contributed by atoms with Gasteiger partial charge in [-0.1, -0.05) is 75.4 Å². The molecule has 0 spiro atoms. The lowest BCUT2D eigenvalue weighted by Gasteiger charge is -2.38. The highest BCUT2D eigenvalue weighted by molar-refractivity contribution is 7.13. The van der Waals surface area contributed by atoms with Crippen molar-refractivity contribution < 1.29 is 19.2 Å². The Balaban J connectivity index is 0.790. The van der Waals surface area contributed by atoms with Gasteiger partial charge in [-0.2, -0.15) is 0 Å². The molecule has 1 saturated carbocycles. The van der Waals surface area contributed by atoms with Gasteiger partial charge in [0.1, 0.15) is 23.4 Å². The summed E-state index contributed by atoms with van der Waals surface area (Å²) >= 11 is 1.59.